The van der Waals surface area contributed by atoms with Gasteiger partial charge in [0.2, 0.25) is 17.6 Å². The first-order valence-electron chi connectivity index (χ1n) is 8.62. The number of likely N-dealkylation sites (tertiary alicyclic amines) is 1. The molecule has 1 aliphatic heterocycles. The Labute approximate surface area is 146 Å². The Morgan fingerprint density at radius 1 is 1.48 bits per heavy atom. The molecule has 6 nitrogen and oxygen atoms in total. The van der Waals surface area contributed by atoms with E-state index >= 15 is 0 Å². The molecule has 2 aromatic rings. The molecule has 7 heteroatoms. The monoisotopic (exact) mass is 346 g/mol. The molecule has 0 spiro atoms. The highest BCUT2D eigenvalue weighted by molar-refractivity contribution is 5.78. The van der Waals surface area contributed by atoms with E-state index in [0.29, 0.717) is 30.4 Å². The van der Waals surface area contributed by atoms with Crippen molar-refractivity contribution in [3.63, 3.8) is 0 Å². The van der Waals surface area contributed by atoms with Gasteiger partial charge in [-0.05, 0) is 45.4 Å². The van der Waals surface area contributed by atoms with Gasteiger partial charge in [-0.25, -0.2) is 4.39 Å². The minimum atomic E-state index is -0.330. The summed E-state index contributed by atoms with van der Waals surface area (Å²) < 4.78 is 18.8. The normalized spacial score (nSPS) is 18.5. The summed E-state index contributed by atoms with van der Waals surface area (Å²) in [5.41, 5.74) is 0.596. The van der Waals surface area contributed by atoms with Crippen molar-refractivity contribution >= 4 is 5.91 Å². The smallest absolute Gasteiger partial charge is 0.234 e. The molecular weight excluding hydrogens is 323 g/mol. The summed E-state index contributed by atoms with van der Waals surface area (Å²) in [5, 5.41) is 6.89. The molecule has 1 saturated heterocycles. The van der Waals surface area contributed by atoms with E-state index in [9.17, 15) is 9.18 Å². The van der Waals surface area contributed by atoms with Gasteiger partial charge in [-0.3, -0.25) is 9.69 Å². The van der Waals surface area contributed by atoms with Crippen LogP contribution in [0.2, 0.25) is 0 Å². The van der Waals surface area contributed by atoms with Gasteiger partial charge in [0.15, 0.2) is 0 Å². The number of nitrogens with one attached hydrogen (secondary N) is 1. The fraction of sp³-hybridized carbons (Fsp3) is 0.500. The van der Waals surface area contributed by atoms with Crippen LogP contribution in [-0.2, 0) is 4.79 Å². The fourth-order valence-corrected chi connectivity index (χ4v) is 3.12. The third-order valence-electron chi connectivity index (χ3n) is 4.20. The Morgan fingerprint density at radius 2 is 2.32 bits per heavy atom. The van der Waals surface area contributed by atoms with E-state index < -0.39 is 0 Å². The lowest BCUT2D eigenvalue weighted by Crippen LogP contribution is -2.43. The first-order chi connectivity index (χ1) is 12.0. The van der Waals surface area contributed by atoms with Crippen LogP contribution < -0.4 is 5.32 Å². The number of benzene rings is 1. The average Bonchev–Trinajstić information content (AvgIpc) is 3.04. The molecule has 1 atom stereocenters. The van der Waals surface area contributed by atoms with Crippen LogP contribution in [0.15, 0.2) is 28.8 Å². The fourth-order valence-electron chi connectivity index (χ4n) is 3.12. The molecule has 0 aliphatic carbocycles. The Morgan fingerprint density at radius 3 is 3.08 bits per heavy atom. The quantitative estimate of drug-likeness (QED) is 0.901. The van der Waals surface area contributed by atoms with Crippen molar-refractivity contribution in [2.24, 2.45) is 0 Å². The number of carbonyl (C=O) groups is 1. The molecule has 0 bridgehead atoms. The number of halogens is 1. The van der Waals surface area contributed by atoms with E-state index in [0.717, 1.165) is 19.4 Å². The van der Waals surface area contributed by atoms with Gasteiger partial charge in [-0.1, -0.05) is 17.3 Å². The SMILES string of the molecule is CC(C)NC(=O)CN1CCC[C@H](c2nc(-c3cccc(F)c3)no2)C1. The zero-order valence-corrected chi connectivity index (χ0v) is 14.5. The van der Waals surface area contributed by atoms with Crippen LogP contribution >= 0.6 is 0 Å². The maximum atomic E-state index is 13.3. The molecule has 0 radical (unpaired) electrons. The van der Waals surface area contributed by atoms with Gasteiger partial charge in [-0.15, -0.1) is 0 Å². The van der Waals surface area contributed by atoms with Gasteiger partial charge in [-0.2, -0.15) is 4.98 Å². The van der Waals surface area contributed by atoms with Gasteiger partial charge in [0, 0.05) is 18.2 Å². The van der Waals surface area contributed by atoms with Crippen molar-refractivity contribution in [2.45, 2.75) is 38.6 Å². The summed E-state index contributed by atoms with van der Waals surface area (Å²) in [5.74, 6) is 0.735. The van der Waals surface area contributed by atoms with Crippen LogP contribution in [0.1, 0.15) is 38.5 Å². The number of carbonyl (C=O) groups excluding carboxylic acids is 1. The first-order valence-corrected chi connectivity index (χ1v) is 8.62. The van der Waals surface area contributed by atoms with Gasteiger partial charge < -0.3 is 9.84 Å². The minimum absolute atomic E-state index is 0.0293. The lowest BCUT2D eigenvalue weighted by Gasteiger charge is -2.30. The number of amides is 1. The van der Waals surface area contributed by atoms with Gasteiger partial charge in [0.1, 0.15) is 5.82 Å². The van der Waals surface area contributed by atoms with E-state index in [-0.39, 0.29) is 23.7 Å². The predicted octanol–water partition coefficient (Wildman–Crippen LogP) is 2.58. The molecule has 2 heterocycles. The lowest BCUT2D eigenvalue weighted by atomic mass is 9.98. The molecule has 1 amide bonds. The molecular formula is C18H23FN4O2. The Kier molecular flexibility index (Phi) is 5.43. The second-order valence-corrected chi connectivity index (χ2v) is 6.76. The van der Waals surface area contributed by atoms with Crippen molar-refractivity contribution in [1.82, 2.24) is 20.4 Å². The number of hydrogen-bond acceptors (Lipinski definition) is 5. The number of nitrogens with zero attached hydrogens (tertiary/aromatic N) is 3. The minimum Gasteiger partial charge on any atom is -0.353 e. The Hall–Kier alpha value is -2.28. The standard InChI is InChI=1S/C18H23FN4O2/c1-12(2)20-16(24)11-23-8-4-6-14(10-23)18-21-17(22-25-18)13-5-3-7-15(19)9-13/h3,5,7,9,12,14H,4,6,8,10-11H2,1-2H3,(H,20,24)/t14-/m0/s1. The van der Waals surface area contributed by atoms with Crippen LogP contribution in [0.4, 0.5) is 4.39 Å². The highest BCUT2D eigenvalue weighted by Crippen LogP contribution is 2.27. The average molecular weight is 346 g/mol. The summed E-state index contributed by atoms with van der Waals surface area (Å²) >= 11 is 0. The van der Waals surface area contributed by atoms with Crippen molar-refractivity contribution in [3.05, 3.63) is 36.0 Å². The molecule has 134 valence electrons. The third kappa shape index (κ3) is 4.63. The first kappa shape index (κ1) is 17.5. The third-order valence-corrected chi connectivity index (χ3v) is 4.20. The molecule has 25 heavy (non-hydrogen) atoms. The molecule has 1 aliphatic rings. The van der Waals surface area contributed by atoms with Crippen molar-refractivity contribution in [3.8, 4) is 11.4 Å². The van der Waals surface area contributed by atoms with Crippen molar-refractivity contribution in [1.29, 1.82) is 0 Å². The molecule has 1 fully saturated rings. The number of hydrogen-bond donors (Lipinski definition) is 1. The molecule has 1 aromatic heterocycles. The van der Waals surface area contributed by atoms with Crippen molar-refractivity contribution in [2.75, 3.05) is 19.6 Å². The maximum Gasteiger partial charge on any atom is 0.234 e. The van der Waals surface area contributed by atoms with E-state index in [1.54, 1.807) is 12.1 Å². The maximum absolute atomic E-state index is 13.3. The van der Waals surface area contributed by atoms with E-state index in [4.69, 9.17) is 4.52 Å². The summed E-state index contributed by atoms with van der Waals surface area (Å²) in [4.78, 5) is 18.5. The summed E-state index contributed by atoms with van der Waals surface area (Å²) in [6, 6.07) is 6.28. The van der Waals surface area contributed by atoms with E-state index in [1.165, 1.54) is 12.1 Å². The van der Waals surface area contributed by atoms with Crippen LogP contribution in [0, 0.1) is 5.82 Å². The van der Waals surface area contributed by atoms with E-state index in [1.807, 2.05) is 13.8 Å². The zero-order valence-electron chi connectivity index (χ0n) is 14.5. The van der Waals surface area contributed by atoms with Gasteiger partial charge in [0.25, 0.3) is 0 Å². The molecule has 1 aromatic carbocycles. The van der Waals surface area contributed by atoms with Gasteiger partial charge in [0.05, 0.1) is 12.5 Å². The summed E-state index contributed by atoms with van der Waals surface area (Å²) in [6.45, 7) is 5.86. The topological polar surface area (TPSA) is 71.3 Å². The Balaban J connectivity index is 1.65. The van der Waals surface area contributed by atoms with Crippen LogP contribution in [-0.4, -0.2) is 46.6 Å². The van der Waals surface area contributed by atoms with Crippen molar-refractivity contribution < 1.29 is 13.7 Å². The molecule has 1 N–H and O–H groups in total. The second-order valence-electron chi connectivity index (χ2n) is 6.76. The highest BCUT2D eigenvalue weighted by Gasteiger charge is 2.27. The summed E-state index contributed by atoms with van der Waals surface area (Å²) in [6.07, 6.45) is 1.91. The summed E-state index contributed by atoms with van der Waals surface area (Å²) in [7, 11) is 0. The highest BCUT2D eigenvalue weighted by atomic mass is 19.1. The molecule has 3 rings (SSSR count). The molecule has 0 unspecified atom stereocenters. The Bertz CT molecular complexity index is 731. The lowest BCUT2D eigenvalue weighted by molar-refractivity contribution is -0.123. The number of aromatic nitrogens is 2. The number of piperidine rings is 1. The van der Waals surface area contributed by atoms with Crippen LogP contribution in [0.5, 0.6) is 0 Å². The van der Waals surface area contributed by atoms with Crippen LogP contribution in [0.25, 0.3) is 11.4 Å². The van der Waals surface area contributed by atoms with E-state index in [2.05, 4.69) is 20.4 Å². The van der Waals surface area contributed by atoms with Crippen LogP contribution in [0.3, 0.4) is 0 Å². The predicted molar refractivity (Wildman–Crippen MR) is 91.4 cm³/mol. The molecule has 0 saturated carbocycles. The number of rotatable bonds is 5. The second kappa shape index (κ2) is 7.74. The zero-order chi connectivity index (χ0) is 17.8. The van der Waals surface area contributed by atoms with Gasteiger partial charge >= 0.3 is 0 Å². The largest absolute Gasteiger partial charge is 0.353 e.